The number of anilines is 1. The highest BCUT2D eigenvalue weighted by molar-refractivity contribution is 5.81. The van der Waals surface area contributed by atoms with E-state index in [0.717, 1.165) is 18.7 Å². The summed E-state index contributed by atoms with van der Waals surface area (Å²) in [5.74, 6) is 0. The van der Waals surface area contributed by atoms with Crippen molar-refractivity contribution in [3.05, 3.63) is 29.8 Å². The molecule has 0 spiro atoms. The minimum atomic E-state index is -0.557. The zero-order chi connectivity index (χ0) is 15.9. The van der Waals surface area contributed by atoms with Crippen LogP contribution in [0.15, 0.2) is 29.4 Å². The average Bonchev–Trinajstić information content (AvgIpc) is 2.40. The number of benzene rings is 1. The summed E-state index contributed by atoms with van der Waals surface area (Å²) >= 11 is 0. The summed E-state index contributed by atoms with van der Waals surface area (Å²) in [6.45, 7) is 11.6. The predicted molar refractivity (Wildman–Crippen MR) is 87.0 cm³/mol. The second kappa shape index (κ2) is 7.67. The van der Waals surface area contributed by atoms with Gasteiger partial charge in [0.15, 0.2) is 0 Å². The van der Waals surface area contributed by atoms with Gasteiger partial charge in [-0.3, -0.25) is 0 Å². The third kappa shape index (κ3) is 6.29. The van der Waals surface area contributed by atoms with E-state index in [1.807, 2.05) is 45.0 Å². The molecule has 1 aromatic rings. The number of hydrogen-bond acceptors (Lipinski definition) is 4. The molecule has 0 fully saturated rings. The fraction of sp³-hybridized carbons (Fsp3) is 0.500. The van der Waals surface area contributed by atoms with Gasteiger partial charge in [0.05, 0.1) is 6.21 Å². The molecule has 0 heterocycles. The van der Waals surface area contributed by atoms with Crippen LogP contribution in [0.1, 0.15) is 40.2 Å². The Kier molecular flexibility index (Phi) is 6.21. The van der Waals surface area contributed by atoms with Crippen LogP contribution in [0.25, 0.3) is 0 Å². The van der Waals surface area contributed by atoms with Crippen molar-refractivity contribution in [2.75, 3.05) is 18.0 Å². The van der Waals surface area contributed by atoms with Gasteiger partial charge in [0, 0.05) is 18.8 Å². The van der Waals surface area contributed by atoms with E-state index in [-0.39, 0.29) is 0 Å². The molecule has 0 aromatic heterocycles. The number of hydrazone groups is 1. The zero-order valence-corrected chi connectivity index (χ0v) is 13.5. The maximum atomic E-state index is 11.4. The van der Waals surface area contributed by atoms with Crippen molar-refractivity contribution in [3.63, 3.8) is 0 Å². The molecule has 1 aromatic carbocycles. The lowest BCUT2D eigenvalue weighted by molar-refractivity contribution is 0.0529. The second-order valence-electron chi connectivity index (χ2n) is 5.64. The third-order valence-corrected chi connectivity index (χ3v) is 2.79. The van der Waals surface area contributed by atoms with Crippen molar-refractivity contribution >= 4 is 18.0 Å². The van der Waals surface area contributed by atoms with Crippen LogP contribution in [0.4, 0.5) is 10.5 Å². The SMILES string of the molecule is CCN(CC)c1ccc(/C=N\NC(=O)OC(C)(C)C)cc1. The first kappa shape index (κ1) is 17.0. The topological polar surface area (TPSA) is 53.9 Å². The molecule has 0 aliphatic heterocycles. The van der Waals surface area contributed by atoms with E-state index in [9.17, 15) is 4.79 Å². The second-order valence-corrected chi connectivity index (χ2v) is 5.64. The standard InChI is InChI=1S/C16H25N3O2/c1-6-19(7-2)14-10-8-13(9-11-14)12-17-18-15(20)21-16(3,4)5/h8-12H,6-7H2,1-5H3,(H,18,20)/b17-12-. The maximum absolute atomic E-state index is 11.4. The molecule has 0 atom stereocenters. The summed E-state index contributed by atoms with van der Waals surface area (Å²) in [5, 5.41) is 3.88. The Labute approximate surface area is 127 Å². The van der Waals surface area contributed by atoms with Crippen molar-refractivity contribution in [1.82, 2.24) is 5.43 Å². The monoisotopic (exact) mass is 291 g/mol. The summed E-state index contributed by atoms with van der Waals surface area (Å²) in [4.78, 5) is 13.7. The molecule has 0 unspecified atom stereocenters. The van der Waals surface area contributed by atoms with Gasteiger partial charge in [-0.2, -0.15) is 5.10 Å². The van der Waals surface area contributed by atoms with Gasteiger partial charge in [-0.05, 0) is 52.3 Å². The van der Waals surface area contributed by atoms with E-state index in [2.05, 4.69) is 29.3 Å². The number of carbonyl (C=O) groups excluding carboxylic acids is 1. The van der Waals surface area contributed by atoms with Crippen LogP contribution in [-0.4, -0.2) is 31.0 Å². The zero-order valence-electron chi connectivity index (χ0n) is 13.5. The summed E-state index contributed by atoms with van der Waals surface area (Å²) in [6.07, 6.45) is 1.04. The predicted octanol–water partition coefficient (Wildman–Crippen LogP) is 3.39. The first-order valence-electron chi connectivity index (χ1n) is 7.22. The van der Waals surface area contributed by atoms with Crippen LogP contribution in [-0.2, 0) is 4.74 Å². The van der Waals surface area contributed by atoms with Gasteiger partial charge in [-0.1, -0.05) is 12.1 Å². The molecule has 0 aliphatic rings. The Morgan fingerprint density at radius 2 is 1.81 bits per heavy atom. The Balaban J connectivity index is 2.56. The highest BCUT2D eigenvalue weighted by Crippen LogP contribution is 2.14. The van der Waals surface area contributed by atoms with E-state index < -0.39 is 11.7 Å². The van der Waals surface area contributed by atoms with Crippen LogP contribution in [0.2, 0.25) is 0 Å². The van der Waals surface area contributed by atoms with Gasteiger partial charge in [-0.15, -0.1) is 0 Å². The molecule has 0 saturated carbocycles. The molecule has 0 saturated heterocycles. The van der Waals surface area contributed by atoms with Gasteiger partial charge < -0.3 is 9.64 Å². The number of ether oxygens (including phenoxy) is 1. The Bertz CT molecular complexity index is 471. The maximum Gasteiger partial charge on any atom is 0.428 e. The van der Waals surface area contributed by atoms with Gasteiger partial charge in [0.1, 0.15) is 5.60 Å². The van der Waals surface area contributed by atoms with Gasteiger partial charge in [-0.25, -0.2) is 10.2 Å². The van der Waals surface area contributed by atoms with Crippen molar-refractivity contribution in [2.45, 2.75) is 40.2 Å². The molecular weight excluding hydrogens is 266 g/mol. The number of carbonyl (C=O) groups is 1. The van der Waals surface area contributed by atoms with Gasteiger partial charge >= 0.3 is 6.09 Å². The molecule has 5 nitrogen and oxygen atoms in total. The molecule has 5 heteroatoms. The molecule has 0 radical (unpaired) electrons. The molecule has 0 bridgehead atoms. The molecule has 116 valence electrons. The van der Waals surface area contributed by atoms with Crippen molar-refractivity contribution in [3.8, 4) is 0 Å². The van der Waals surface area contributed by atoms with E-state index in [1.165, 1.54) is 5.69 Å². The minimum Gasteiger partial charge on any atom is -0.443 e. The van der Waals surface area contributed by atoms with Gasteiger partial charge in [0.2, 0.25) is 0 Å². The number of amides is 1. The first-order chi connectivity index (χ1) is 9.85. The normalized spacial score (nSPS) is 11.5. The third-order valence-electron chi connectivity index (χ3n) is 2.79. The number of hydrogen-bond donors (Lipinski definition) is 1. The largest absolute Gasteiger partial charge is 0.443 e. The molecular formula is C16H25N3O2. The highest BCUT2D eigenvalue weighted by Gasteiger charge is 2.15. The van der Waals surface area contributed by atoms with E-state index in [4.69, 9.17) is 4.74 Å². The lowest BCUT2D eigenvalue weighted by atomic mass is 10.2. The summed E-state index contributed by atoms with van der Waals surface area (Å²) in [5.41, 5.74) is 3.92. The molecule has 1 amide bonds. The van der Waals surface area contributed by atoms with Crippen molar-refractivity contribution < 1.29 is 9.53 Å². The number of nitrogens with one attached hydrogen (secondary N) is 1. The molecule has 0 aliphatic carbocycles. The lowest BCUT2D eigenvalue weighted by Gasteiger charge is -2.20. The smallest absolute Gasteiger partial charge is 0.428 e. The fourth-order valence-electron chi connectivity index (χ4n) is 1.82. The Hall–Kier alpha value is -2.04. The first-order valence-corrected chi connectivity index (χ1v) is 7.22. The van der Waals surface area contributed by atoms with E-state index in [0.29, 0.717) is 0 Å². The minimum absolute atomic E-state index is 0.523. The Morgan fingerprint density at radius 3 is 2.29 bits per heavy atom. The van der Waals surface area contributed by atoms with Crippen LogP contribution in [0, 0.1) is 0 Å². The molecule has 1 N–H and O–H groups in total. The summed E-state index contributed by atoms with van der Waals surface area (Å²) < 4.78 is 5.08. The fourth-order valence-corrected chi connectivity index (χ4v) is 1.82. The van der Waals surface area contributed by atoms with Crippen LogP contribution in [0.3, 0.4) is 0 Å². The molecule has 21 heavy (non-hydrogen) atoms. The average molecular weight is 291 g/mol. The number of rotatable bonds is 5. The van der Waals surface area contributed by atoms with Crippen LogP contribution < -0.4 is 10.3 Å². The van der Waals surface area contributed by atoms with Crippen LogP contribution >= 0.6 is 0 Å². The van der Waals surface area contributed by atoms with E-state index in [1.54, 1.807) is 6.21 Å². The van der Waals surface area contributed by atoms with E-state index >= 15 is 0 Å². The summed E-state index contributed by atoms with van der Waals surface area (Å²) in [6, 6.07) is 8.02. The van der Waals surface area contributed by atoms with Crippen molar-refractivity contribution in [2.24, 2.45) is 5.10 Å². The Morgan fingerprint density at radius 1 is 1.24 bits per heavy atom. The van der Waals surface area contributed by atoms with Crippen LogP contribution in [0.5, 0.6) is 0 Å². The van der Waals surface area contributed by atoms with Gasteiger partial charge in [0.25, 0.3) is 0 Å². The molecule has 1 rings (SSSR count). The lowest BCUT2D eigenvalue weighted by Crippen LogP contribution is -2.29. The number of nitrogens with zero attached hydrogens (tertiary/aromatic N) is 2. The van der Waals surface area contributed by atoms with Crippen molar-refractivity contribution in [1.29, 1.82) is 0 Å². The summed E-state index contributed by atoms with van der Waals surface area (Å²) in [7, 11) is 0. The highest BCUT2D eigenvalue weighted by atomic mass is 16.6. The quantitative estimate of drug-likeness (QED) is 0.668.